The highest BCUT2D eigenvalue weighted by Gasteiger charge is 2.11. The zero-order chi connectivity index (χ0) is 10.8. The molecule has 0 radical (unpaired) electrons. The summed E-state index contributed by atoms with van der Waals surface area (Å²) in [5.41, 5.74) is 2.27. The first kappa shape index (κ1) is 11.5. The maximum atomic E-state index is 4.36. The van der Waals surface area contributed by atoms with Gasteiger partial charge in [0.2, 0.25) is 0 Å². The van der Waals surface area contributed by atoms with Crippen LogP contribution in [0.4, 0.5) is 5.69 Å². The van der Waals surface area contributed by atoms with Crippen molar-refractivity contribution in [3.8, 4) is 0 Å². The molecule has 1 heterocycles. The van der Waals surface area contributed by atoms with Crippen molar-refractivity contribution in [2.24, 2.45) is 4.99 Å². The van der Waals surface area contributed by atoms with Gasteiger partial charge in [-0.3, -0.25) is 4.99 Å². The van der Waals surface area contributed by atoms with Crippen molar-refractivity contribution < 1.29 is 0 Å². The van der Waals surface area contributed by atoms with Gasteiger partial charge in [-0.1, -0.05) is 11.8 Å². The number of anilines is 1. The minimum absolute atomic E-state index is 0.911. The average Bonchev–Trinajstić information content (AvgIpc) is 2.63. The number of hydrogen-bond acceptors (Lipinski definition) is 3. The van der Waals surface area contributed by atoms with Gasteiger partial charge in [0.05, 0.1) is 12.2 Å². The van der Waals surface area contributed by atoms with Crippen molar-refractivity contribution in [3.63, 3.8) is 0 Å². The third kappa shape index (κ3) is 2.77. The van der Waals surface area contributed by atoms with Gasteiger partial charge >= 0.3 is 0 Å². The summed E-state index contributed by atoms with van der Waals surface area (Å²) < 4.78 is 2.12. The van der Waals surface area contributed by atoms with Gasteiger partial charge in [-0.05, 0) is 56.5 Å². The highest BCUT2D eigenvalue weighted by Crippen LogP contribution is 2.33. The van der Waals surface area contributed by atoms with Crippen molar-refractivity contribution in [1.82, 2.24) is 0 Å². The SMILES string of the molecule is Cc1cc(Br)c(NC2=NCCS2)c(Br)c1. The van der Waals surface area contributed by atoms with Gasteiger partial charge in [0.15, 0.2) is 5.17 Å². The van der Waals surface area contributed by atoms with Gasteiger partial charge in [0.25, 0.3) is 0 Å². The predicted octanol–water partition coefficient (Wildman–Crippen LogP) is 4.03. The van der Waals surface area contributed by atoms with Crippen LogP contribution in [-0.4, -0.2) is 17.5 Å². The molecule has 0 fully saturated rings. The Bertz CT molecular complexity index is 395. The molecule has 80 valence electrons. The minimum atomic E-state index is 0.911. The second kappa shape index (κ2) is 4.89. The second-order valence-electron chi connectivity index (χ2n) is 3.26. The first-order valence-corrected chi connectivity index (χ1v) is 7.14. The van der Waals surface area contributed by atoms with Gasteiger partial charge in [-0.15, -0.1) is 0 Å². The molecular weight excluding hydrogens is 340 g/mol. The minimum Gasteiger partial charge on any atom is -0.333 e. The number of hydrogen-bond donors (Lipinski definition) is 1. The third-order valence-electron chi connectivity index (χ3n) is 2.00. The lowest BCUT2D eigenvalue weighted by molar-refractivity contribution is 1.17. The lowest BCUT2D eigenvalue weighted by Crippen LogP contribution is -2.06. The Morgan fingerprint density at radius 1 is 1.33 bits per heavy atom. The van der Waals surface area contributed by atoms with Crippen LogP contribution >= 0.6 is 43.6 Å². The Balaban J connectivity index is 2.27. The quantitative estimate of drug-likeness (QED) is 0.827. The number of thioether (sulfide) groups is 1. The van der Waals surface area contributed by atoms with E-state index >= 15 is 0 Å². The summed E-state index contributed by atoms with van der Waals surface area (Å²) in [6.07, 6.45) is 0. The summed E-state index contributed by atoms with van der Waals surface area (Å²) in [5.74, 6) is 1.07. The van der Waals surface area contributed by atoms with Crippen LogP contribution < -0.4 is 5.32 Å². The number of nitrogens with one attached hydrogen (secondary N) is 1. The number of halogens is 2. The summed E-state index contributed by atoms with van der Waals surface area (Å²) in [4.78, 5) is 4.36. The fourth-order valence-electron chi connectivity index (χ4n) is 1.34. The van der Waals surface area contributed by atoms with Crippen LogP contribution in [0.2, 0.25) is 0 Å². The molecule has 0 amide bonds. The van der Waals surface area contributed by atoms with Crippen molar-refractivity contribution in [2.75, 3.05) is 17.6 Å². The largest absolute Gasteiger partial charge is 0.333 e. The Kier molecular flexibility index (Phi) is 3.74. The molecule has 0 aliphatic carbocycles. The lowest BCUT2D eigenvalue weighted by atomic mass is 10.2. The molecule has 1 aliphatic rings. The number of aryl methyl sites for hydroxylation is 1. The predicted molar refractivity (Wildman–Crippen MR) is 75.0 cm³/mol. The Hall–Kier alpha value is -0.000000000000000111. The molecule has 0 saturated carbocycles. The van der Waals surface area contributed by atoms with E-state index in [9.17, 15) is 0 Å². The number of nitrogens with zero attached hydrogens (tertiary/aromatic N) is 1. The molecule has 0 aromatic heterocycles. The maximum Gasteiger partial charge on any atom is 0.161 e. The Morgan fingerprint density at radius 2 is 2.00 bits per heavy atom. The van der Waals surface area contributed by atoms with Crippen LogP contribution in [0.5, 0.6) is 0 Å². The number of rotatable bonds is 1. The smallest absolute Gasteiger partial charge is 0.161 e. The van der Waals surface area contributed by atoms with E-state index in [1.807, 2.05) is 0 Å². The van der Waals surface area contributed by atoms with Crippen LogP contribution in [-0.2, 0) is 0 Å². The van der Waals surface area contributed by atoms with Gasteiger partial charge in [0.1, 0.15) is 0 Å². The van der Waals surface area contributed by atoms with E-state index in [-0.39, 0.29) is 0 Å². The summed E-state index contributed by atoms with van der Waals surface area (Å²) in [6.45, 7) is 2.98. The van der Waals surface area contributed by atoms with Crippen molar-refractivity contribution in [1.29, 1.82) is 0 Å². The molecule has 1 N–H and O–H groups in total. The van der Waals surface area contributed by atoms with Crippen molar-refractivity contribution in [3.05, 3.63) is 26.6 Å². The van der Waals surface area contributed by atoms with Crippen LogP contribution in [0.3, 0.4) is 0 Å². The van der Waals surface area contributed by atoms with E-state index < -0.39 is 0 Å². The first-order valence-electron chi connectivity index (χ1n) is 4.57. The lowest BCUT2D eigenvalue weighted by Gasteiger charge is -2.10. The van der Waals surface area contributed by atoms with Gasteiger partial charge in [-0.2, -0.15) is 0 Å². The molecule has 2 rings (SSSR count). The highest BCUT2D eigenvalue weighted by molar-refractivity contribution is 9.11. The topological polar surface area (TPSA) is 24.4 Å². The van der Waals surface area contributed by atoms with Crippen LogP contribution in [0, 0.1) is 6.92 Å². The number of benzene rings is 1. The van der Waals surface area contributed by atoms with Gasteiger partial charge in [0, 0.05) is 14.7 Å². The van der Waals surface area contributed by atoms with Crippen LogP contribution in [0.25, 0.3) is 0 Å². The molecule has 2 nitrogen and oxygen atoms in total. The standard InChI is InChI=1S/C10H10Br2N2S/c1-6-4-7(11)9(8(12)5-6)14-10-13-2-3-15-10/h4-5H,2-3H2,1H3,(H,13,14). The van der Waals surface area contributed by atoms with E-state index in [1.165, 1.54) is 5.56 Å². The average molecular weight is 350 g/mol. The summed E-state index contributed by atoms with van der Waals surface area (Å²) in [6, 6.07) is 4.18. The molecule has 0 spiro atoms. The van der Waals surface area contributed by atoms with E-state index in [0.29, 0.717) is 0 Å². The fraction of sp³-hybridized carbons (Fsp3) is 0.300. The summed E-state index contributed by atoms with van der Waals surface area (Å²) >= 11 is 8.85. The normalized spacial score (nSPS) is 15.3. The van der Waals surface area contributed by atoms with E-state index in [2.05, 4.69) is 61.2 Å². The van der Waals surface area contributed by atoms with E-state index in [0.717, 1.165) is 32.1 Å². The molecule has 5 heteroatoms. The third-order valence-corrected chi connectivity index (χ3v) is 4.15. The molecule has 1 aromatic carbocycles. The molecule has 1 aliphatic heterocycles. The van der Waals surface area contributed by atoms with E-state index in [4.69, 9.17) is 0 Å². The highest BCUT2D eigenvalue weighted by atomic mass is 79.9. The molecule has 0 saturated heterocycles. The molecule has 15 heavy (non-hydrogen) atoms. The van der Waals surface area contributed by atoms with Crippen LogP contribution in [0.15, 0.2) is 26.1 Å². The first-order chi connectivity index (χ1) is 7.16. The summed E-state index contributed by atoms with van der Waals surface area (Å²) in [7, 11) is 0. The maximum absolute atomic E-state index is 4.36. The Labute approximate surface area is 110 Å². The zero-order valence-electron chi connectivity index (χ0n) is 8.18. The van der Waals surface area contributed by atoms with Crippen LogP contribution in [0.1, 0.15) is 5.56 Å². The van der Waals surface area contributed by atoms with Crippen molar-refractivity contribution >= 4 is 54.5 Å². The van der Waals surface area contributed by atoms with Gasteiger partial charge in [-0.25, -0.2) is 0 Å². The molecule has 1 aromatic rings. The number of aliphatic imine (C=N–C) groups is 1. The monoisotopic (exact) mass is 348 g/mol. The van der Waals surface area contributed by atoms with Gasteiger partial charge < -0.3 is 5.32 Å². The second-order valence-corrected chi connectivity index (χ2v) is 6.06. The van der Waals surface area contributed by atoms with E-state index in [1.54, 1.807) is 11.8 Å². The zero-order valence-corrected chi connectivity index (χ0v) is 12.2. The molecule has 0 unspecified atom stereocenters. The molecule has 0 atom stereocenters. The van der Waals surface area contributed by atoms with Crippen molar-refractivity contribution in [2.45, 2.75) is 6.92 Å². The number of amidine groups is 1. The summed E-state index contributed by atoms with van der Waals surface area (Å²) in [5, 5.41) is 4.32. The molecular formula is C10H10Br2N2S. The fourth-order valence-corrected chi connectivity index (χ4v) is 3.68. The molecule has 0 bridgehead atoms. The Morgan fingerprint density at radius 3 is 2.53 bits per heavy atom.